The summed E-state index contributed by atoms with van der Waals surface area (Å²) in [7, 11) is 2.01. The number of benzene rings is 1. The van der Waals surface area contributed by atoms with Gasteiger partial charge in [0, 0.05) is 43.6 Å². The maximum absolute atomic E-state index is 4.54. The summed E-state index contributed by atoms with van der Waals surface area (Å²) in [5.74, 6) is 0. The molecule has 3 aromatic rings. The maximum Gasteiger partial charge on any atom is 0.0951 e. The van der Waals surface area contributed by atoms with Gasteiger partial charge in [-0.1, -0.05) is 13.0 Å². The van der Waals surface area contributed by atoms with E-state index in [0.29, 0.717) is 0 Å². The van der Waals surface area contributed by atoms with Crippen LogP contribution in [0.4, 0.5) is 5.69 Å². The van der Waals surface area contributed by atoms with Crippen molar-refractivity contribution >= 4 is 5.69 Å². The summed E-state index contributed by atoms with van der Waals surface area (Å²) < 4.78 is 4.24. The zero-order valence-electron chi connectivity index (χ0n) is 16.9. The van der Waals surface area contributed by atoms with Crippen LogP contribution in [0.2, 0.25) is 0 Å². The van der Waals surface area contributed by atoms with Gasteiger partial charge < -0.3 is 9.47 Å². The van der Waals surface area contributed by atoms with E-state index >= 15 is 0 Å². The average Bonchev–Trinajstić information content (AvgIpc) is 3.33. The fourth-order valence-corrected chi connectivity index (χ4v) is 4.28. The van der Waals surface area contributed by atoms with E-state index in [1.807, 2.05) is 24.3 Å². The predicted molar refractivity (Wildman–Crippen MR) is 110 cm³/mol. The van der Waals surface area contributed by atoms with Crippen molar-refractivity contribution in [1.82, 2.24) is 19.3 Å². The van der Waals surface area contributed by atoms with Gasteiger partial charge >= 0.3 is 0 Å². The molecule has 0 N–H and O–H groups in total. The SMILES string of the molecule is CCCN1CCc2cc(-c3cncn3CCc3c(C)nn(C)c3C)ccc21. The van der Waals surface area contributed by atoms with Gasteiger partial charge in [0.1, 0.15) is 0 Å². The van der Waals surface area contributed by atoms with Crippen LogP contribution in [0.1, 0.15) is 35.9 Å². The summed E-state index contributed by atoms with van der Waals surface area (Å²) >= 11 is 0. The molecule has 5 heteroatoms. The molecule has 3 heterocycles. The molecular formula is C22H29N5. The molecule has 0 fully saturated rings. The van der Waals surface area contributed by atoms with Crippen molar-refractivity contribution in [2.45, 2.75) is 46.6 Å². The second-order valence-corrected chi connectivity index (χ2v) is 7.58. The zero-order valence-corrected chi connectivity index (χ0v) is 16.9. The number of aromatic nitrogens is 4. The van der Waals surface area contributed by atoms with Gasteiger partial charge in [0.15, 0.2) is 0 Å². The highest BCUT2D eigenvalue weighted by Gasteiger charge is 2.19. The zero-order chi connectivity index (χ0) is 19.0. The Morgan fingerprint density at radius 2 is 2.00 bits per heavy atom. The van der Waals surface area contributed by atoms with Crippen molar-refractivity contribution in [3.8, 4) is 11.3 Å². The Kier molecular flexibility index (Phi) is 4.77. The summed E-state index contributed by atoms with van der Waals surface area (Å²) in [6.45, 7) is 9.70. The molecule has 1 aromatic carbocycles. The molecule has 0 amide bonds. The largest absolute Gasteiger partial charge is 0.371 e. The Morgan fingerprint density at radius 3 is 2.74 bits per heavy atom. The lowest BCUT2D eigenvalue weighted by molar-refractivity contribution is 0.693. The quantitative estimate of drug-likeness (QED) is 0.666. The second-order valence-electron chi connectivity index (χ2n) is 7.58. The van der Waals surface area contributed by atoms with E-state index in [9.17, 15) is 0 Å². The van der Waals surface area contributed by atoms with E-state index in [4.69, 9.17) is 0 Å². The standard InChI is InChI=1S/C22H29N5/c1-5-10-26-11-8-19-13-18(6-7-21(19)26)22-14-23-15-27(22)12-9-20-16(2)24-25(4)17(20)3/h6-7,13-15H,5,8-12H2,1-4H3. The number of fused-ring (bicyclic) bond motifs is 1. The van der Waals surface area contributed by atoms with Crippen molar-refractivity contribution in [1.29, 1.82) is 0 Å². The smallest absolute Gasteiger partial charge is 0.0951 e. The van der Waals surface area contributed by atoms with E-state index in [-0.39, 0.29) is 0 Å². The van der Waals surface area contributed by atoms with Crippen LogP contribution in [0.25, 0.3) is 11.3 Å². The molecule has 142 valence electrons. The summed E-state index contributed by atoms with van der Waals surface area (Å²) in [5.41, 5.74) is 9.07. The number of anilines is 1. The lowest BCUT2D eigenvalue weighted by Gasteiger charge is -2.18. The average molecular weight is 364 g/mol. The van der Waals surface area contributed by atoms with Crippen molar-refractivity contribution in [2.24, 2.45) is 7.05 Å². The molecule has 0 saturated carbocycles. The minimum Gasteiger partial charge on any atom is -0.371 e. The van der Waals surface area contributed by atoms with Gasteiger partial charge in [0.2, 0.25) is 0 Å². The highest BCUT2D eigenvalue weighted by Crippen LogP contribution is 2.32. The van der Waals surface area contributed by atoms with Gasteiger partial charge in [-0.05, 0) is 56.4 Å². The van der Waals surface area contributed by atoms with Gasteiger partial charge in [-0.2, -0.15) is 5.10 Å². The molecule has 1 aliphatic rings. The van der Waals surface area contributed by atoms with Gasteiger partial charge in [0.25, 0.3) is 0 Å². The summed E-state index contributed by atoms with van der Waals surface area (Å²) in [6, 6.07) is 6.90. The molecule has 1 aliphatic heterocycles. The molecule has 0 saturated heterocycles. The Labute approximate surface area is 161 Å². The molecule has 0 unspecified atom stereocenters. The Hall–Kier alpha value is -2.56. The first-order valence-electron chi connectivity index (χ1n) is 9.96. The second kappa shape index (κ2) is 7.22. The van der Waals surface area contributed by atoms with Crippen LogP contribution in [0, 0.1) is 13.8 Å². The normalized spacial score (nSPS) is 13.4. The van der Waals surface area contributed by atoms with Gasteiger partial charge in [-0.3, -0.25) is 4.68 Å². The van der Waals surface area contributed by atoms with E-state index < -0.39 is 0 Å². The molecule has 0 aliphatic carbocycles. The molecule has 4 rings (SSSR count). The fraction of sp³-hybridized carbons (Fsp3) is 0.455. The first-order valence-corrected chi connectivity index (χ1v) is 9.96. The van der Waals surface area contributed by atoms with Gasteiger partial charge in [-0.15, -0.1) is 0 Å². The number of aryl methyl sites for hydroxylation is 3. The van der Waals surface area contributed by atoms with Crippen LogP contribution in [-0.4, -0.2) is 32.4 Å². The third-order valence-corrected chi connectivity index (χ3v) is 5.83. The highest BCUT2D eigenvalue weighted by molar-refractivity contribution is 5.68. The van der Waals surface area contributed by atoms with Gasteiger partial charge in [0.05, 0.1) is 23.9 Å². The third-order valence-electron chi connectivity index (χ3n) is 5.83. The first-order chi connectivity index (χ1) is 13.1. The summed E-state index contributed by atoms with van der Waals surface area (Å²) in [4.78, 5) is 6.93. The fourth-order valence-electron chi connectivity index (χ4n) is 4.28. The molecule has 0 atom stereocenters. The number of nitrogens with zero attached hydrogens (tertiary/aromatic N) is 5. The number of hydrogen-bond donors (Lipinski definition) is 0. The molecule has 27 heavy (non-hydrogen) atoms. The Balaban J connectivity index is 1.56. The van der Waals surface area contributed by atoms with Crippen LogP contribution in [-0.2, 0) is 26.4 Å². The number of hydrogen-bond acceptors (Lipinski definition) is 3. The molecule has 0 radical (unpaired) electrons. The van der Waals surface area contributed by atoms with E-state index in [2.05, 4.69) is 58.5 Å². The van der Waals surface area contributed by atoms with E-state index in [1.54, 1.807) is 0 Å². The maximum atomic E-state index is 4.54. The van der Waals surface area contributed by atoms with Crippen molar-refractivity contribution in [2.75, 3.05) is 18.0 Å². The molecule has 5 nitrogen and oxygen atoms in total. The first kappa shape index (κ1) is 17.8. The third kappa shape index (κ3) is 3.27. The molecule has 0 spiro atoms. The summed E-state index contributed by atoms with van der Waals surface area (Å²) in [6.07, 6.45) is 7.26. The number of rotatable bonds is 6. The number of imidazole rings is 1. The monoisotopic (exact) mass is 363 g/mol. The van der Waals surface area contributed by atoms with Crippen LogP contribution < -0.4 is 4.90 Å². The lowest BCUT2D eigenvalue weighted by atomic mass is 10.1. The van der Waals surface area contributed by atoms with Crippen LogP contribution in [0.5, 0.6) is 0 Å². The summed E-state index contributed by atoms with van der Waals surface area (Å²) in [5, 5.41) is 4.54. The van der Waals surface area contributed by atoms with Crippen molar-refractivity contribution in [3.63, 3.8) is 0 Å². The van der Waals surface area contributed by atoms with Gasteiger partial charge in [-0.25, -0.2) is 4.98 Å². The van der Waals surface area contributed by atoms with E-state index in [1.165, 1.54) is 40.2 Å². The van der Waals surface area contributed by atoms with Crippen molar-refractivity contribution < 1.29 is 0 Å². The predicted octanol–water partition coefficient (Wildman–Crippen LogP) is 3.92. The Bertz CT molecular complexity index is 950. The minimum atomic E-state index is 0.918. The topological polar surface area (TPSA) is 38.9 Å². The molecule has 0 bridgehead atoms. The Morgan fingerprint density at radius 1 is 1.15 bits per heavy atom. The van der Waals surface area contributed by atoms with E-state index in [0.717, 1.165) is 38.2 Å². The van der Waals surface area contributed by atoms with Crippen molar-refractivity contribution in [3.05, 3.63) is 53.2 Å². The molecular weight excluding hydrogens is 334 g/mol. The molecule has 2 aromatic heterocycles. The highest BCUT2D eigenvalue weighted by atomic mass is 15.3. The lowest BCUT2D eigenvalue weighted by Crippen LogP contribution is -2.20. The van der Waals surface area contributed by atoms with Crippen LogP contribution >= 0.6 is 0 Å². The van der Waals surface area contributed by atoms with Crippen LogP contribution in [0.3, 0.4) is 0 Å². The van der Waals surface area contributed by atoms with Crippen LogP contribution in [0.15, 0.2) is 30.7 Å². The minimum absolute atomic E-state index is 0.918.